The van der Waals surface area contributed by atoms with Gasteiger partial charge in [0.2, 0.25) is 0 Å². The Balaban J connectivity index is 2.11. The quantitative estimate of drug-likeness (QED) is 0.841. The summed E-state index contributed by atoms with van der Waals surface area (Å²) in [6, 6.07) is 7.17. The van der Waals surface area contributed by atoms with Crippen molar-refractivity contribution in [1.82, 2.24) is 9.55 Å². The minimum atomic E-state index is -1.05. The molecule has 0 spiro atoms. The van der Waals surface area contributed by atoms with E-state index in [2.05, 4.69) is 16.5 Å². The van der Waals surface area contributed by atoms with Crippen LogP contribution in [-0.4, -0.2) is 13.8 Å². The molecule has 1 heterocycles. The van der Waals surface area contributed by atoms with Gasteiger partial charge in [0.05, 0.1) is 28.6 Å². The lowest BCUT2D eigenvalue weighted by atomic mass is 10.3. The second kappa shape index (κ2) is 5.82. The fourth-order valence-corrected chi connectivity index (χ4v) is 2.86. The lowest BCUT2D eigenvalue weighted by molar-refractivity contribution is 0.652. The molecule has 2 rings (SSSR count). The Bertz CT molecular complexity index is 533. The number of benzene rings is 1. The maximum absolute atomic E-state index is 12.2. The number of hydrogen-bond acceptors (Lipinski definition) is 3. The molecule has 0 saturated carbocycles. The number of aromatic nitrogens is 2. The van der Waals surface area contributed by atoms with Gasteiger partial charge in [-0.1, -0.05) is 6.92 Å². The summed E-state index contributed by atoms with van der Waals surface area (Å²) >= 11 is 0. The van der Waals surface area contributed by atoms with Gasteiger partial charge >= 0.3 is 0 Å². The summed E-state index contributed by atoms with van der Waals surface area (Å²) in [5.74, 6) is 0.490. The molecule has 0 radical (unpaired) electrons. The number of rotatable bonds is 5. The van der Waals surface area contributed by atoms with Crippen LogP contribution in [0.15, 0.2) is 41.7 Å². The average Bonchev–Trinajstić information content (AvgIpc) is 2.78. The standard InChI is InChI=1S/C13H17N3OS/c1-2-7-16-10-15-8-12(16)9-18(17)13-5-3-11(14)4-6-13/h3-6,8,10H,2,7,9,14H2,1H3/t18-/m1/s1. The molecule has 2 aromatic rings. The predicted molar refractivity (Wildman–Crippen MR) is 73.5 cm³/mol. The van der Waals surface area contributed by atoms with Crippen LogP contribution in [-0.2, 0) is 23.1 Å². The molecule has 4 nitrogen and oxygen atoms in total. The summed E-state index contributed by atoms with van der Waals surface area (Å²) in [6.07, 6.45) is 4.61. The van der Waals surface area contributed by atoms with E-state index in [0.29, 0.717) is 11.4 Å². The molecule has 0 unspecified atom stereocenters. The van der Waals surface area contributed by atoms with E-state index in [1.54, 1.807) is 24.7 Å². The van der Waals surface area contributed by atoms with Gasteiger partial charge < -0.3 is 10.3 Å². The van der Waals surface area contributed by atoms with Gasteiger partial charge in [-0.15, -0.1) is 0 Å². The molecule has 0 aliphatic rings. The maximum Gasteiger partial charge on any atom is 0.0948 e. The number of anilines is 1. The lowest BCUT2D eigenvalue weighted by Gasteiger charge is -2.06. The third kappa shape index (κ3) is 2.98. The van der Waals surface area contributed by atoms with Crippen LogP contribution in [0.5, 0.6) is 0 Å². The first-order valence-corrected chi connectivity index (χ1v) is 7.25. The Morgan fingerprint density at radius 3 is 2.72 bits per heavy atom. The minimum Gasteiger partial charge on any atom is -0.399 e. The van der Waals surface area contributed by atoms with Crippen molar-refractivity contribution in [3.8, 4) is 0 Å². The molecule has 0 aliphatic heterocycles. The zero-order valence-electron chi connectivity index (χ0n) is 10.4. The Morgan fingerprint density at radius 2 is 2.06 bits per heavy atom. The van der Waals surface area contributed by atoms with Gasteiger partial charge in [-0.05, 0) is 30.7 Å². The van der Waals surface area contributed by atoms with Crippen LogP contribution in [0, 0.1) is 0 Å². The number of hydrogen-bond donors (Lipinski definition) is 1. The maximum atomic E-state index is 12.2. The van der Waals surface area contributed by atoms with Crippen molar-refractivity contribution in [3.05, 3.63) is 42.5 Å². The van der Waals surface area contributed by atoms with Crippen LogP contribution in [0.25, 0.3) is 0 Å². The topological polar surface area (TPSA) is 60.9 Å². The van der Waals surface area contributed by atoms with Crippen molar-refractivity contribution in [2.75, 3.05) is 5.73 Å². The third-order valence-corrected chi connectivity index (χ3v) is 4.04. The van der Waals surface area contributed by atoms with Crippen LogP contribution < -0.4 is 5.73 Å². The minimum absolute atomic E-state index is 0.490. The van der Waals surface area contributed by atoms with Crippen molar-refractivity contribution in [2.45, 2.75) is 30.5 Å². The van der Waals surface area contributed by atoms with Crippen molar-refractivity contribution in [3.63, 3.8) is 0 Å². The highest BCUT2D eigenvalue weighted by Gasteiger charge is 2.08. The normalized spacial score (nSPS) is 12.5. The van der Waals surface area contributed by atoms with Crippen molar-refractivity contribution in [2.24, 2.45) is 0 Å². The first kappa shape index (κ1) is 12.8. The molecular weight excluding hydrogens is 246 g/mol. The van der Waals surface area contributed by atoms with Crippen molar-refractivity contribution < 1.29 is 4.21 Å². The van der Waals surface area contributed by atoms with E-state index in [1.165, 1.54) is 0 Å². The highest BCUT2D eigenvalue weighted by Crippen LogP contribution is 2.14. The largest absolute Gasteiger partial charge is 0.399 e. The van der Waals surface area contributed by atoms with Gasteiger partial charge in [0, 0.05) is 23.3 Å². The summed E-state index contributed by atoms with van der Waals surface area (Å²) in [5.41, 5.74) is 7.31. The molecule has 18 heavy (non-hydrogen) atoms. The zero-order valence-corrected chi connectivity index (χ0v) is 11.2. The number of imidazole rings is 1. The molecule has 0 aliphatic carbocycles. The highest BCUT2D eigenvalue weighted by atomic mass is 32.2. The smallest absolute Gasteiger partial charge is 0.0948 e. The predicted octanol–water partition coefficient (Wildman–Crippen LogP) is 2.18. The second-order valence-electron chi connectivity index (χ2n) is 4.14. The number of nitrogens with two attached hydrogens (primary N) is 1. The number of aryl methyl sites for hydroxylation is 1. The Hall–Kier alpha value is -1.62. The monoisotopic (exact) mass is 263 g/mol. The van der Waals surface area contributed by atoms with E-state index < -0.39 is 10.8 Å². The molecule has 1 aromatic carbocycles. The fraction of sp³-hybridized carbons (Fsp3) is 0.308. The first-order chi connectivity index (χ1) is 8.70. The molecule has 1 aromatic heterocycles. The van der Waals surface area contributed by atoms with Gasteiger partial charge in [-0.2, -0.15) is 0 Å². The summed E-state index contributed by atoms with van der Waals surface area (Å²) in [6.45, 7) is 3.02. The van der Waals surface area contributed by atoms with Crippen molar-refractivity contribution in [1.29, 1.82) is 0 Å². The molecule has 1 atom stereocenters. The lowest BCUT2D eigenvalue weighted by Crippen LogP contribution is -2.05. The summed E-state index contributed by atoms with van der Waals surface area (Å²) < 4.78 is 14.3. The van der Waals surface area contributed by atoms with Crippen LogP contribution in [0.2, 0.25) is 0 Å². The number of nitrogen functional groups attached to an aromatic ring is 1. The summed E-state index contributed by atoms with van der Waals surface area (Å²) in [5, 5.41) is 0. The Morgan fingerprint density at radius 1 is 1.33 bits per heavy atom. The number of nitrogens with zero attached hydrogens (tertiary/aromatic N) is 2. The van der Waals surface area contributed by atoms with Crippen LogP contribution in [0.4, 0.5) is 5.69 Å². The van der Waals surface area contributed by atoms with E-state index in [1.807, 2.05) is 12.1 Å². The van der Waals surface area contributed by atoms with Crippen LogP contribution in [0.3, 0.4) is 0 Å². The Kier molecular flexibility index (Phi) is 4.15. The van der Waals surface area contributed by atoms with Gasteiger partial charge in [0.1, 0.15) is 0 Å². The van der Waals surface area contributed by atoms with E-state index in [-0.39, 0.29) is 0 Å². The summed E-state index contributed by atoms with van der Waals surface area (Å²) in [7, 11) is -1.05. The molecule has 0 amide bonds. The molecule has 96 valence electrons. The third-order valence-electron chi connectivity index (χ3n) is 2.69. The van der Waals surface area contributed by atoms with Crippen LogP contribution >= 0.6 is 0 Å². The molecule has 2 N–H and O–H groups in total. The first-order valence-electron chi connectivity index (χ1n) is 5.93. The average molecular weight is 263 g/mol. The van der Waals surface area contributed by atoms with Gasteiger partial charge in [-0.25, -0.2) is 4.98 Å². The van der Waals surface area contributed by atoms with E-state index in [4.69, 9.17) is 5.73 Å². The summed E-state index contributed by atoms with van der Waals surface area (Å²) in [4.78, 5) is 4.91. The van der Waals surface area contributed by atoms with Crippen molar-refractivity contribution >= 4 is 16.5 Å². The zero-order chi connectivity index (χ0) is 13.0. The van der Waals surface area contributed by atoms with Gasteiger partial charge in [0.15, 0.2) is 0 Å². The van der Waals surface area contributed by atoms with Crippen LogP contribution in [0.1, 0.15) is 19.0 Å². The Labute approximate surface area is 109 Å². The second-order valence-corrected chi connectivity index (χ2v) is 5.59. The van der Waals surface area contributed by atoms with E-state index in [0.717, 1.165) is 23.6 Å². The molecule has 0 saturated heterocycles. The molecule has 0 bridgehead atoms. The molecular formula is C13H17N3OS. The SMILES string of the molecule is CCCn1cncc1C[S@@](=O)c1ccc(N)cc1. The molecule has 0 fully saturated rings. The van der Waals surface area contributed by atoms with Gasteiger partial charge in [0.25, 0.3) is 0 Å². The van der Waals surface area contributed by atoms with Gasteiger partial charge in [-0.3, -0.25) is 4.21 Å². The van der Waals surface area contributed by atoms with E-state index >= 15 is 0 Å². The molecule has 5 heteroatoms. The fourth-order valence-electron chi connectivity index (χ4n) is 1.75. The highest BCUT2D eigenvalue weighted by molar-refractivity contribution is 7.84. The van der Waals surface area contributed by atoms with E-state index in [9.17, 15) is 4.21 Å².